The lowest BCUT2D eigenvalue weighted by atomic mass is 10.1. The van der Waals surface area contributed by atoms with Crippen LogP contribution >= 0.6 is 0 Å². The number of hydrogen-bond donors (Lipinski definition) is 1. The fourth-order valence-electron chi connectivity index (χ4n) is 2.93. The van der Waals surface area contributed by atoms with Gasteiger partial charge in [-0.1, -0.05) is 36.4 Å². The van der Waals surface area contributed by atoms with Gasteiger partial charge in [-0.05, 0) is 55.0 Å². The molecule has 0 aliphatic heterocycles. The zero-order valence-electron chi connectivity index (χ0n) is 16.9. The van der Waals surface area contributed by atoms with Crippen LogP contribution in [0.1, 0.15) is 22.8 Å². The SMILES string of the molecule is CCOc1cccc(CNC(=O)c2cccc(N(C)S(=O)(=O)c3ccccc3)c2)c1. The highest BCUT2D eigenvalue weighted by Gasteiger charge is 2.21. The summed E-state index contributed by atoms with van der Waals surface area (Å²) in [4.78, 5) is 12.8. The van der Waals surface area contributed by atoms with Crippen molar-refractivity contribution < 1.29 is 17.9 Å². The van der Waals surface area contributed by atoms with Crippen LogP contribution in [0.2, 0.25) is 0 Å². The molecule has 0 unspecified atom stereocenters. The third-order valence-corrected chi connectivity index (χ3v) is 6.34. The van der Waals surface area contributed by atoms with E-state index in [9.17, 15) is 13.2 Å². The molecule has 0 saturated heterocycles. The Morgan fingerprint density at radius 3 is 2.43 bits per heavy atom. The fraction of sp³-hybridized carbons (Fsp3) is 0.174. The van der Waals surface area contributed by atoms with Gasteiger partial charge < -0.3 is 10.1 Å². The van der Waals surface area contributed by atoms with Crippen molar-refractivity contribution in [2.45, 2.75) is 18.4 Å². The summed E-state index contributed by atoms with van der Waals surface area (Å²) >= 11 is 0. The van der Waals surface area contributed by atoms with Crippen molar-refractivity contribution in [3.8, 4) is 5.75 Å². The predicted molar refractivity (Wildman–Crippen MR) is 117 cm³/mol. The summed E-state index contributed by atoms with van der Waals surface area (Å²) in [6.45, 7) is 2.82. The van der Waals surface area contributed by atoms with Gasteiger partial charge in [0.15, 0.2) is 0 Å². The Kier molecular flexibility index (Phi) is 6.74. The summed E-state index contributed by atoms with van der Waals surface area (Å²) in [7, 11) is -2.24. The van der Waals surface area contributed by atoms with Crippen LogP contribution in [0, 0.1) is 0 Å². The number of sulfonamides is 1. The molecule has 3 aromatic rings. The van der Waals surface area contributed by atoms with Crippen LogP contribution < -0.4 is 14.4 Å². The van der Waals surface area contributed by atoms with E-state index in [1.165, 1.54) is 11.4 Å². The average molecular weight is 425 g/mol. The predicted octanol–water partition coefficient (Wildman–Crippen LogP) is 3.84. The Morgan fingerprint density at radius 1 is 0.967 bits per heavy atom. The van der Waals surface area contributed by atoms with Gasteiger partial charge in [-0.25, -0.2) is 8.42 Å². The average Bonchev–Trinajstić information content (AvgIpc) is 2.78. The molecule has 3 rings (SSSR count). The lowest BCUT2D eigenvalue weighted by Gasteiger charge is -2.20. The monoisotopic (exact) mass is 424 g/mol. The second-order valence-corrected chi connectivity index (χ2v) is 8.57. The van der Waals surface area contributed by atoms with Crippen molar-refractivity contribution >= 4 is 21.6 Å². The molecule has 0 fully saturated rings. The van der Waals surface area contributed by atoms with Crippen molar-refractivity contribution in [1.82, 2.24) is 5.32 Å². The Bertz CT molecular complexity index is 1110. The van der Waals surface area contributed by atoms with Crippen molar-refractivity contribution in [3.05, 3.63) is 90.0 Å². The van der Waals surface area contributed by atoms with Crippen LogP contribution in [0.15, 0.2) is 83.8 Å². The molecule has 0 aliphatic rings. The molecule has 1 amide bonds. The van der Waals surface area contributed by atoms with E-state index in [0.717, 1.165) is 11.3 Å². The van der Waals surface area contributed by atoms with Gasteiger partial charge in [0, 0.05) is 19.2 Å². The van der Waals surface area contributed by atoms with Gasteiger partial charge in [0.25, 0.3) is 15.9 Å². The van der Waals surface area contributed by atoms with Crippen LogP contribution in [0.25, 0.3) is 0 Å². The summed E-state index contributed by atoms with van der Waals surface area (Å²) in [6, 6.07) is 22.2. The Morgan fingerprint density at radius 2 is 1.70 bits per heavy atom. The fourth-order valence-corrected chi connectivity index (χ4v) is 4.14. The molecule has 30 heavy (non-hydrogen) atoms. The summed E-state index contributed by atoms with van der Waals surface area (Å²) < 4.78 is 32.3. The van der Waals surface area contributed by atoms with Gasteiger partial charge in [0.2, 0.25) is 0 Å². The third kappa shape index (κ3) is 4.99. The first-order valence-electron chi connectivity index (χ1n) is 9.56. The van der Waals surface area contributed by atoms with E-state index in [1.807, 2.05) is 31.2 Å². The molecule has 0 aromatic heterocycles. The molecule has 0 spiro atoms. The number of hydrogen-bond acceptors (Lipinski definition) is 4. The molecule has 156 valence electrons. The van der Waals surface area contributed by atoms with Crippen LogP contribution in [-0.2, 0) is 16.6 Å². The zero-order valence-corrected chi connectivity index (χ0v) is 17.7. The highest BCUT2D eigenvalue weighted by Crippen LogP contribution is 2.23. The largest absolute Gasteiger partial charge is 0.494 e. The molecule has 0 aliphatic carbocycles. The number of nitrogens with zero attached hydrogens (tertiary/aromatic N) is 1. The van der Waals surface area contributed by atoms with E-state index in [-0.39, 0.29) is 10.8 Å². The first kappa shape index (κ1) is 21.4. The molecule has 0 radical (unpaired) electrons. The van der Waals surface area contributed by atoms with E-state index in [2.05, 4.69) is 5.32 Å². The Hall–Kier alpha value is -3.32. The molecular weight excluding hydrogens is 400 g/mol. The van der Waals surface area contributed by atoms with Gasteiger partial charge in [-0.15, -0.1) is 0 Å². The molecule has 1 N–H and O–H groups in total. The van der Waals surface area contributed by atoms with E-state index < -0.39 is 10.0 Å². The van der Waals surface area contributed by atoms with Gasteiger partial charge in [-0.2, -0.15) is 0 Å². The van der Waals surface area contributed by atoms with Crippen molar-refractivity contribution in [1.29, 1.82) is 0 Å². The molecule has 0 heterocycles. The molecule has 0 bridgehead atoms. The number of carbonyl (C=O) groups is 1. The highest BCUT2D eigenvalue weighted by molar-refractivity contribution is 7.92. The number of ether oxygens (including phenoxy) is 1. The topological polar surface area (TPSA) is 75.7 Å². The molecule has 0 saturated carbocycles. The molecular formula is C23H24N2O4S. The Labute approximate surface area is 177 Å². The number of anilines is 1. The number of benzene rings is 3. The third-order valence-electron chi connectivity index (χ3n) is 4.54. The molecule has 0 atom stereocenters. The van der Waals surface area contributed by atoms with Crippen LogP contribution in [0.4, 0.5) is 5.69 Å². The molecule has 6 nitrogen and oxygen atoms in total. The standard InChI is InChI=1S/C23H24N2O4S/c1-3-29-21-12-7-9-18(15-21)17-24-23(26)19-10-8-11-20(16-19)25(2)30(27,28)22-13-5-4-6-14-22/h4-16H,3,17H2,1-2H3,(H,24,26). The first-order chi connectivity index (χ1) is 14.4. The van der Waals surface area contributed by atoms with E-state index in [1.54, 1.807) is 54.6 Å². The van der Waals surface area contributed by atoms with Crippen LogP contribution in [-0.4, -0.2) is 28.0 Å². The van der Waals surface area contributed by atoms with Gasteiger partial charge >= 0.3 is 0 Å². The number of nitrogens with one attached hydrogen (secondary N) is 1. The van der Waals surface area contributed by atoms with Crippen LogP contribution in [0.3, 0.4) is 0 Å². The minimum atomic E-state index is -3.71. The maximum Gasteiger partial charge on any atom is 0.264 e. The van der Waals surface area contributed by atoms with Gasteiger partial charge in [-0.3, -0.25) is 9.10 Å². The highest BCUT2D eigenvalue weighted by atomic mass is 32.2. The van der Waals surface area contributed by atoms with E-state index in [0.29, 0.717) is 24.4 Å². The number of amides is 1. The maximum absolute atomic E-state index is 12.8. The summed E-state index contributed by atoms with van der Waals surface area (Å²) in [6.07, 6.45) is 0. The lowest BCUT2D eigenvalue weighted by molar-refractivity contribution is 0.0951. The number of rotatable bonds is 8. The second-order valence-electron chi connectivity index (χ2n) is 6.60. The van der Waals surface area contributed by atoms with Crippen molar-refractivity contribution in [2.24, 2.45) is 0 Å². The minimum absolute atomic E-state index is 0.191. The van der Waals surface area contributed by atoms with Crippen molar-refractivity contribution in [2.75, 3.05) is 18.0 Å². The van der Waals surface area contributed by atoms with E-state index >= 15 is 0 Å². The smallest absolute Gasteiger partial charge is 0.264 e. The van der Waals surface area contributed by atoms with Gasteiger partial charge in [0.1, 0.15) is 5.75 Å². The quantitative estimate of drug-likeness (QED) is 0.596. The minimum Gasteiger partial charge on any atom is -0.494 e. The molecule has 7 heteroatoms. The number of carbonyl (C=O) groups excluding carboxylic acids is 1. The first-order valence-corrected chi connectivity index (χ1v) is 11.0. The summed E-state index contributed by atoms with van der Waals surface area (Å²) in [5.41, 5.74) is 1.70. The normalized spacial score (nSPS) is 11.0. The zero-order chi connectivity index (χ0) is 21.6. The summed E-state index contributed by atoms with van der Waals surface area (Å²) in [5, 5.41) is 2.86. The van der Waals surface area contributed by atoms with E-state index in [4.69, 9.17) is 4.74 Å². The lowest BCUT2D eigenvalue weighted by Crippen LogP contribution is -2.27. The maximum atomic E-state index is 12.8. The molecule has 3 aromatic carbocycles. The summed E-state index contributed by atoms with van der Waals surface area (Å²) in [5.74, 6) is 0.461. The Balaban J connectivity index is 1.73. The van der Waals surface area contributed by atoms with Crippen molar-refractivity contribution in [3.63, 3.8) is 0 Å². The van der Waals surface area contributed by atoms with Gasteiger partial charge in [0.05, 0.1) is 17.2 Å². The second kappa shape index (κ2) is 9.45. The van der Waals surface area contributed by atoms with Crippen LogP contribution in [0.5, 0.6) is 5.75 Å².